The largest absolute Gasteiger partial charge is 0.324 e. The number of aromatic nitrogens is 1. The van der Waals surface area contributed by atoms with Crippen molar-refractivity contribution < 1.29 is 0 Å². The molecule has 3 N–H and O–H groups in total. The number of benzene rings is 1. The first-order chi connectivity index (χ1) is 9.24. The highest BCUT2D eigenvalue weighted by atomic mass is 14.9. The number of aryl methyl sites for hydroxylation is 1. The molecule has 2 unspecified atom stereocenters. The maximum atomic E-state index is 6.17. The van der Waals surface area contributed by atoms with Crippen molar-refractivity contribution >= 4 is 0 Å². The van der Waals surface area contributed by atoms with Crippen LogP contribution in [0.15, 0.2) is 42.5 Å². The Hall–Kier alpha value is -1.71. The first-order valence-corrected chi connectivity index (χ1v) is 6.74. The van der Waals surface area contributed by atoms with E-state index in [4.69, 9.17) is 5.73 Å². The molecule has 1 aromatic carbocycles. The van der Waals surface area contributed by atoms with Gasteiger partial charge in [0.1, 0.15) is 0 Å². The van der Waals surface area contributed by atoms with Gasteiger partial charge in [-0.2, -0.15) is 0 Å². The van der Waals surface area contributed by atoms with Gasteiger partial charge in [0, 0.05) is 24.3 Å². The van der Waals surface area contributed by atoms with Gasteiger partial charge in [-0.25, -0.2) is 0 Å². The number of rotatable bonds is 3. The fourth-order valence-electron chi connectivity index (χ4n) is 2.79. The van der Waals surface area contributed by atoms with E-state index in [0.717, 1.165) is 24.4 Å². The van der Waals surface area contributed by atoms with Crippen LogP contribution < -0.4 is 11.1 Å². The molecule has 0 bridgehead atoms. The van der Waals surface area contributed by atoms with Gasteiger partial charge in [-0.3, -0.25) is 4.98 Å². The fourth-order valence-corrected chi connectivity index (χ4v) is 2.79. The monoisotopic (exact) mass is 253 g/mol. The lowest BCUT2D eigenvalue weighted by atomic mass is 10.1. The number of nitrogens with two attached hydrogens (primary N) is 1. The summed E-state index contributed by atoms with van der Waals surface area (Å²) >= 11 is 0. The molecule has 1 heterocycles. The molecule has 0 spiro atoms. The molecule has 2 atom stereocenters. The van der Waals surface area contributed by atoms with Gasteiger partial charge in [-0.15, -0.1) is 0 Å². The lowest BCUT2D eigenvalue weighted by Gasteiger charge is -2.13. The Morgan fingerprint density at radius 1 is 1.16 bits per heavy atom. The molecule has 0 saturated heterocycles. The summed E-state index contributed by atoms with van der Waals surface area (Å²) in [6.07, 6.45) is 0.963. The van der Waals surface area contributed by atoms with Crippen molar-refractivity contribution in [3.8, 4) is 0 Å². The molecule has 3 nitrogen and oxygen atoms in total. The van der Waals surface area contributed by atoms with Crippen molar-refractivity contribution in [2.75, 3.05) is 0 Å². The second kappa shape index (κ2) is 5.11. The Morgan fingerprint density at radius 3 is 2.74 bits per heavy atom. The van der Waals surface area contributed by atoms with Gasteiger partial charge in [-0.1, -0.05) is 30.3 Å². The molecule has 0 fully saturated rings. The van der Waals surface area contributed by atoms with Crippen LogP contribution in [0.2, 0.25) is 0 Å². The summed E-state index contributed by atoms with van der Waals surface area (Å²) in [7, 11) is 0. The zero-order valence-corrected chi connectivity index (χ0v) is 11.1. The maximum absolute atomic E-state index is 6.17. The van der Waals surface area contributed by atoms with Crippen molar-refractivity contribution in [3.05, 3.63) is 65.0 Å². The van der Waals surface area contributed by atoms with Crippen LogP contribution in [-0.4, -0.2) is 4.98 Å². The first kappa shape index (κ1) is 12.3. The van der Waals surface area contributed by atoms with Gasteiger partial charge in [0.25, 0.3) is 0 Å². The average Bonchev–Trinajstić information content (AvgIpc) is 2.74. The predicted octanol–water partition coefficient (Wildman–Crippen LogP) is 2.62. The third-order valence-corrected chi connectivity index (χ3v) is 3.74. The van der Waals surface area contributed by atoms with Crippen LogP contribution in [-0.2, 0) is 6.54 Å². The number of nitrogens with one attached hydrogen (secondary N) is 1. The average molecular weight is 253 g/mol. The van der Waals surface area contributed by atoms with E-state index >= 15 is 0 Å². The summed E-state index contributed by atoms with van der Waals surface area (Å²) in [5.74, 6) is 0. The summed E-state index contributed by atoms with van der Waals surface area (Å²) in [4.78, 5) is 4.52. The molecule has 2 aromatic rings. The molecule has 1 aromatic heterocycles. The summed E-state index contributed by atoms with van der Waals surface area (Å²) in [6.45, 7) is 2.80. The van der Waals surface area contributed by atoms with Gasteiger partial charge < -0.3 is 11.1 Å². The number of fused-ring (bicyclic) bond motifs is 1. The highest BCUT2D eigenvalue weighted by Crippen LogP contribution is 2.36. The Bertz CT molecular complexity index is 580. The number of hydrogen-bond acceptors (Lipinski definition) is 3. The predicted molar refractivity (Wildman–Crippen MR) is 76.5 cm³/mol. The normalized spacial score (nSPS) is 21.4. The second-order valence-electron chi connectivity index (χ2n) is 5.17. The van der Waals surface area contributed by atoms with E-state index in [2.05, 4.69) is 40.6 Å². The summed E-state index contributed by atoms with van der Waals surface area (Å²) < 4.78 is 0. The van der Waals surface area contributed by atoms with Crippen molar-refractivity contribution in [1.29, 1.82) is 0 Å². The maximum Gasteiger partial charge on any atom is 0.0545 e. The van der Waals surface area contributed by atoms with Crippen LogP contribution in [0.1, 0.15) is 41.0 Å². The second-order valence-corrected chi connectivity index (χ2v) is 5.17. The van der Waals surface area contributed by atoms with Crippen molar-refractivity contribution in [2.24, 2.45) is 5.73 Å². The van der Waals surface area contributed by atoms with E-state index in [9.17, 15) is 0 Å². The van der Waals surface area contributed by atoms with Crippen LogP contribution in [0, 0.1) is 6.92 Å². The van der Waals surface area contributed by atoms with Crippen molar-refractivity contribution in [3.63, 3.8) is 0 Å². The summed E-state index contributed by atoms with van der Waals surface area (Å²) in [5.41, 5.74) is 10.9. The lowest BCUT2D eigenvalue weighted by molar-refractivity contribution is 0.494. The SMILES string of the molecule is Cc1cccc(CNC2CC(N)c3ccccc32)n1. The molecular formula is C16H19N3. The molecule has 1 aliphatic rings. The molecule has 0 aliphatic heterocycles. The lowest BCUT2D eigenvalue weighted by Crippen LogP contribution is -2.20. The third kappa shape index (κ3) is 2.53. The smallest absolute Gasteiger partial charge is 0.0545 e. The van der Waals surface area contributed by atoms with Gasteiger partial charge in [0.05, 0.1) is 5.69 Å². The van der Waals surface area contributed by atoms with Gasteiger partial charge in [-0.05, 0) is 36.6 Å². The highest BCUT2D eigenvalue weighted by molar-refractivity contribution is 5.37. The molecule has 3 rings (SSSR count). The van der Waals surface area contributed by atoms with E-state index in [0.29, 0.717) is 6.04 Å². The standard InChI is InChI=1S/C16H19N3/c1-11-5-4-6-12(19-11)10-18-16-9-15(17)13-7-2-3-8-14(13)16/h2-8,15-16,18H,9-10,17H2,1H3. The zero-order chi connectivity index (χ0) is 13.2. The van der Waals surface area contributed by atoms with Crippen LogP contribution in [0.3, 0.4) is 0 Å². The summed E-state index contributed by atoms with van der Waals surface area (Å²) in [6, 6.07) is 15.1. The molecule has 3 heteroatoms. The van der Waals surface area contributed by atoms with E-state index in [1.165, 1.54) is 11.1 Å². The topological polar surface area (TPSA) is 50.9 Å². The number of nitrogens with zero attached hydrogens (tertiary/aromatic N) is 1. The zero-order valence-electron chi connectivity index (χ0n) is 11.1. The van der Waals surface area contributed by atoms with Gasteiger partial charge in [0.2, 0.25) is 0 Å². The van der Waals surface area contributed by atoms with Gasteiger partial charge >= 0.3 is 0 Å². The molecule has 19 heavy (non-hydrogen) atoms. The Morgan fingerprint density at radius 2 is 1.95 bits per heavy atom. The molecular weight excluding hydrogens is 234 g/mol. The third-order valence-electron chi connectivity index (χ3n) is 3.74. The van der Waals surface area contributed by atoms with E-state index in [-0.39, 0.29) is 6.04 Å². The molecule has 1 aliphatic carbocycles. The highest BCUT2D eigenvalue weighted by Gasteiger charge is 2.27. The minimum atomic E-state index is 0.152. The Balaban J connectivity index is 1.72. The molecule has 98 valence electrons. The van der Waals surface area contributed by atoms with Crippen LogP contribution in [0.25, 0.3) is 0 Å². The molecule has 0 amide bonds. The van der Waals surface area contributed by atoms with E-state index in [1.807, 2.05) is 19.1 Å². The number of pyridine rings is 1. The fraction of sp³-hybridized carbons (Fsp3) is 0.312. The number of hydrogen-bond donors (Lipinski definition) is 2. The summed E-state index contributed by atoms with van der Waals surface area (Å²) in [5, 5.41) is 3.57. The minimum Gasteiger partial charge on any atom is -0.324 e. The van der Waals surface area contributed by atoms with E-state index < -0.39 is 0 Å². The van der Waals surface area contributed by atoms with Crippen molar-refractivity contribution in [1.82, 2.24) is 10.3 Å². The Kier molecular flexibility index (Phi) is 3.32. The molecule has 0 saturated carbocycles. The van der Waals surface area contributed by atoms with Gasteiger partial charge in [0.15, 0.2) is 0 Å². The minimum absolute atomic E-state index is 0.152. The van der Waals surface area contributed by atoms with Crippen molar-refractivity contribution in [2.45, 2.75) is 32.0 Å². The quantitative estimate of drug-likeness (QED) is 0.884. The molecule has 0 radical (unpaired) electrons. The Labute approximate surface area is 113 Å². The van der Waals surface area contributed by atoms with Crippen LogP contribution in [0.5, 0.6) is 0 Å². The van der Waals surface area contributed by atoms with Crippen LogP contribution in [0.4, 0.5) is 0 Å². The first-order valence-electron chi connectivity index (χ1n) is 6.74. The van der Waals surface area contributed by atoms with E-state index in [1.54, 1.807) is 0 Å². The van der Waals surface area contributed by atoms with Crippen LogP contribution >= 0.6 is 0 Å².